The van der Waals surface area contributed by atoms with Crippen molar-refractivity contribution in [2.24, 2.45) is 0 Å². The third kappa shape index (κ3) is 3.81. The minimum atomic E-state index is -0.674. The lowest BCUT2D eigenvalue weighted by Gasteiger charge is -2.38. The summed E-state index contributed by atoms with van der Waals surface area (Å²) >= 11 is 0. The predicted octanol–water partition coefficient (Wildman–Crippen LogP) is 1.50. The Morgan fingerprint density at radius 1 is 1.25 bits per heavy atom. The van der Waals surface area contributed by atoms with Gasteiger partial charge in [-0.05, 0) is 26.3 Å². The molecule has 0 amide bonds. The average Bonchev–Trinajstić information content (AvgIpc) is 2.39. The lowest BCUT2D eigenvalue weighted by atomic mass is 9.89. The maximum atomic E-state index is 12.6. The molecule has 0 saturated carbocycles. The first-order valence-electron chi connectivity index (χ1n) is 7.14. The van der Waals surface area contributed by atoms with E-state index in [2.05, 4.69) is 10.6 Å². The summed E-state index contributed by atoms with van der Waals surface area (Å²) in [6, 6.07) is 10.1. The molecule has 0 spiro atoms. The zero-order valence-electron chi connectivity index (χ0n) is 12.5. The Labute approximate surface area is 120 Å². The summed E-state index contributed by atoms with van der Waals surface area (Å²) in [5.41, 5.74) is -0.0122. The fourth-order valence-electron chi connectivity index (χ4n) is 2.42. The highest BCUT2D eigenvalue weighted by Gasteiger charge is 2.42. The topological polar surface area (TPSA) is 50.4 Å². The molecule has 1 atom stereocenters. The molecule has 1 aliphatic heterocycles. The van der Waals surface area contributed by atoms with E-state index >= 15 is 0 Å². The second-order valence-corrected chi connectivity index (χ2v) is 6.35. The van der Waals surface area contributed by atoms with Crippen molar-refractivity contribution in [3.8, 4) is 0 Å². The fourth-order valence-corrected chi connectivity index (χ4v) is 2.42. The van der Waals surface area contributed by atoms with E-state index in [1.165, 1.54) is 0 Å². The molecule has 4 heteroatoms. The smallest absolute Gasteiger partial charge is 0.328 e. The third-order valence-corrected chi connectivity index (χ3v) is 3.33. The van der Waals surface area contributed by atoms with Crippen molar-refractivity contribution in [1.82, 2.24) is 10.6 Å². The van der Waals surface area contributed by atoms with Gasteiger partial charge in [-0.15, -0.1) is 0 Å². The fraction of sp³-hybridized carbons (Fsp3) is 0.562. The van der Waals surface area contributed by atoms with Crippen LogP contribution in [0.25, 0.3) is 0 Å². The van der Waals surface area contributed by atoms with E-state index in [4.69, 9.17) is 4.74 Å². The number of benzene rings is 1. The molecule has 0 unspecified atom stereocenters. The van der Waals surface area contributed by atoms with Gasteiger partial charge < -0.3 is 10.1 Å². The van der Waals surface area contributed by atoms with E-state index in [1.807, 2.05) is 51.1 Å². The van der Waals surface area contributed by atoms with E-state index in [1.54, 1.807) is 0 Å². The summed E-state index contributed by atoms with van der Waals surface area (Å²) in [5.74, 6) is -0.180. The van der Waals surface area contributed by atoms with E-state index in [0.29, 0.717) is 13.0 Å². The van der Waals surface area contributed by atoms with Gasteiger partial charge in [-0.2, -0.15) is 0 Å². The molecular formula is C16H24N2O2. The third-order valence-electron chi connectivity index (χ3n) is 3.33. The molecule has 1 aromatic rings. The van der Waals surface area contributed by atoms with Gasteiger partial charge in [0.05, 0.1) is 0 Å². The molecule has 0 aromatic heterocycles. The second kappa shape index (κ2) is 5.94. The first-order chi connectivity index (χ1) is 9.41. The highest BCUT2D eigenvalue weighted by Crippen LogP contribution is 2.20. The standard InChI is InChI=1S/C16H24N2O2/c1-15(2,3)20-14(19)16(12-17-9-10-18-16)11-13-7-5-4-6-8-13/h4-8,17-18H,9-12H2,1-3H3/t16-/m0/s1. The van der Waals surface area contributed by atoms with Crippen LogP contribution in [0.4, 0.5) is 0 Å². The number of hydrogen-bond donors (Lipinski definition) is 2. The molecule has 0 bridgehead atoms. The molecule has 2 N–H and O–H groups in total. The molecule has 4 nitrogen and oxygen atoms in total. The summed E-state index contributed by atoms with van der Waals surface area (Å²) in [5, 5.41) is 6.67. The highest BCUT2D eigenvalue weighted by atomic mass is 16.6. The maximum Gasteiger partial charge on any atom is 0.328 e. The molecule has 110 valence electrons. The van der Waals surface area contributed by atoms with Gasteiger partial charge in [0, 0.05) is 26.1 Å². The van der Waals surface area contributed by atoms with Gasteiger partial charge in [0.15, 0.2) is 0 Å². The Morgan fingerprint density at radius 2 is 1.95 bits per heavy atom. The molecule has 2 rings (SSSR count). The Hall–Kier alpha value is -1.39. The van der Waals surface area contributed by atoms with Crippen molar-refractivity contribution < 1.29 is 9.53 Å². The Bertz CT molecular complexity index is 445. The summed E-state index contributed by atoms with van der Waals surface area (Å²) in [6.07, 6.45) is 0.635. The molecule has 0 aliphatic carbocycles. The second-order valence-electron chi connectivity index (χ2n) is 6.35. The number of carbonyl (C=O) groups is 1. The van der Waals surface area contributed by atoms with Gasteiger partial charge in [0.25, 0.3) is 0 Å². The van der Waals surface area contributed by atoms with Gasteiger partial charge in [0.2, 0.25) is 0 Å². The van der Waals surface area contributed by atoms with Crippen LogP contribution in [-0.4, -0.2) is 36.7 Å². The number of hydrogen-bond acceptors (Lipinski definition) is 4. The molecular weight excluding hydrogens is 252 g/mol. The molecule has 1 aliphatic rings. The van der Waals surface area contributed by atoms with Crippen molar-refractivity contribution in [2.75, 3.05) is 19.6 Å². The minimum Gasteiger partial charge on any atom is -0.459 e. The van der Waals surface area contributed by atoms with Crippen LogP contribution < -0.4 is 10.6 Å². The van der Waals surface area contributed by atoms with E-state index in [0.717, 1.165) is 18.7 Å². The average molecular weight is 276 g/mol. The van der Waals surface area contributed by atoms with Crippen LogP contribution in [0, 0.1) is 0 Å². The number of rotatable bonds is 3. The van der Waals surface area contributed by atoms with Crippen molar-refractivity contribution in [2.45, 2.75) is 38.3 Å². The molecule has 1 aromatic carbocycles. The minimum absolute atomic E-state index is 0.180. The van der Waals surface area contributed by atoms with E-state index < -0.39 is 11.1 Å². The largest absolute Gasteiger partial charge is 0.459 e. The van der Waals surface area contributed by atoms with Gasteiger partial charge in [-0.1, -0.05) is 30.3 Å². The monoisotopic (exact) mass is 276 g/mol. The number of ether oxygens (including phenoxy) is 1. The zero-order chi connectivity index (χ0) is 14.6. The van der Waals surface area contributed by atoms with Crippen LogP contribution in [0.5, 0.6) is 0 Å². The molecule has 20 heavy (non-hydrogen) atoms. The van der Waals surface area contributed by atoms with Crippen LogP contribution in [-0.2, 0) is 16.0 Å². The maximum absolute atomic E-state index is 12.6. The van der Waals surface area contributed by atoms with Crippen molar-refractivity contribution in [1.29, 1.82) is 0 Å². The SMILES string of the molecule is CC(C)(C)OC(=O)[C@]1(Cc2ccccc2)CNCCN1. The summed E-state index contributed by atoms with van der Waals surface area (Å²) in [7, 11) is 0. The molecule has 1 heterocycles. The van der Waals surface area contributed by atoms with E-state index in [-0.39, 0.29) is 5.97 Å². The van der Waals surface area contributed by atoms with Crippen LogP contribution in [0.1, 0.15) is 26.3 Å². The van der Waals surface area contributed by atoms with Crippen molar-refractivity contribution >= 4 is 5.97 Å². The van der Waals surface area contributed by atoms with Gasteiger partial charge in [0.1, 0.15) is 11.1 Å². The Kier molecular flexibility index (Phi) is 4.45. The van der Waals surface area contributed by atoms with Crippen molar-refractivity contribution in [3.05, 3.63) is 35.9 Å². The Balaban J connectivity index is 2.19. The molecule has 0 radical (unpaired) electrons. The first-order valence-corrected chi connectivity index (χ1v) is 7.14. The quantitative estimate of drug-likeness (QED) is 0.822. The number of carbonyl (C=O) groups excluding carboxylic acids is 1. The summed E-state index contributed by atoms with van der Waals surface area (Å²) in [4.78, 5) is 12.6. The lowest BCUT2D eigenvalue weighted by Crippen LogP contribution is -2.66. The predicted molar refractivity (Wildman–Crippen MR) is 79.6 cm³/mol. The van der Waals surface area contributed by atoms with Crippen molar-refractivity contribution in [3.63, 3.8) is 0 Å². The number of piperazine rings is 1. The number of nitrogens with one attached hydrogen (secondary N) is 2. The first kappa shape index (κ1) is 15.0. The van der Waals surface area contributed by atoms with Gasteiger partial charge in [-0.25, -0.2) is 4.79 Å². The van der Waals surface area contributed by atoms with Crippen LogP contribution in [0.15, 0.2) is 30.3 Å². The lowest BCUT2D eigenvalue weighted by molar-refractivity contribution is -0.163. The normalized spacial score (nSPS) is 23.4. The van der Waals surface area contributed by atoms with Crippen LogP contribution in [0.3, 0.4) is 0 Å². The van der Waals surface area contributed by atoms with E-state index in [9.17, 15) is 4.79 Å². The van der Waals surface area contributed by atoms with Crippen LogP contribution >= 0.6 is 0 Å². The number of esters is 1. The summed E-state index contributed by atoms with van der Waals surface area (Å²) in [6.45, 7) is 7.94. The zero-order valence-corrected chi connectivity index (χ0v) is 12.5. The van der Waals surface area contributed by atoms with Crippen LogP contribution in [0.2, 0.25) is 0 Å². The Morgan fingerprint density at radius 3 is 2.50 bits per heavy atom. The molecule has 1 saturated heterocycles. The van der Waals surface area contributed by atoms with Gasteiger partial charge >= 0.3 is 5.97 Å². The highest BCUT2D eigenvalue weighted by molar-refractivity contribution is 5.82. The molecule has 1 fully saturated rings. The summed E-state index contributed by atoms with van der Waals surface area (Å²) < 4.78 is 5.61. The van der Waals surface area contributed by atoms with Gasteiger partial charge in [-0.3, -0.25) is 5.32 Å².